The zero-order chi connectivity index (χ0) is 10.1. The number of nitrogens with zero attached hydrogens (tertiary/aromatic N) is 3. The quantitative estimate of drug-likeness (QED) is 0.716. The molecule has 2 heterocycles. The van der Waals surface area contributed by atoms with E-state index in [1.807, 2.05) is 0 Å². The molecule has 14 heavy (non-hydrogen) atoms. The van der Waals surface area contributed by atoms with E-state index in [-0.39, 0.29) is 5.82 Å². The molecular weight excluding hydrogens is 208 g/mol. The summed E-state index contributed by atoms with van der Waals surface area (Å²) in [6, 6.07) is 0. The minimum Gasteiger partial charge on any atom is -0.480 e. The van der Waals surface area contributed by atoms with Crippen molar-refractivity contribution >= 4 is 28.7 Å². The van der Waals surface area contributed by atoms with Crippen molar-refractivity contribution in [1.29, 1.82) is 0 Å². The Morgan fingerprint density at radius 1 is 1.57 bits per heavy atom. The number of aromatic amines is 1. The number of carboxylic acids is 1. The molecule has 0 fully saturated rings. The number of hydrogen-bond donors (Lipinski definition) is 2. The molecule has 6 nitrogen and oxygen atoms in total. The molecule has 0 aromatic carbocycles. The highest BCUT2D eigenvalue weighted by Crippen LogP contribution is 2.17. The number of rotatable bonds is 2. The van der Waals surface area contributed by atoms with Crippen LogP contribution in [0.2, 0.25) is 0 Å². The van der Waals surface area contributed by atoms with E-state index in [1.165, 1.54) is 12.5 Å². The highest BCUT2D eigenvalue weighted by atomic mass is 35.5. The van der Waals surface area contributed by atoms with Gasteiger partial charge in [0.05, 0.1) is 12.5 Å². The topological polar surface area (TPSA) is 91.8 Å². The maximum Gasteiger partial charge on any atom is 0.329 e. The van der Waals surface area contributed by atoms with Crippen LogP contribution >= 0.6 is 11.6 Å². The molecule has 7 heteroatoms. The monoisotopic (exact) mass is 212 g/mol. The molecule has 2 aromatic rings. The van der Waals surface area contributed by atoms with Crippen LogP contribution in [-0.4, -0.2) is 31.0 Å². The predicted octanol–water partition coefficient (Wildman–Crippen LogP) is 0.717. The maximum atomic E-state index is 10.5. The molecule has 0 saturated heterocycles. The van der Waals surface area contributed by atoms with Gasteiger partial charge in [-0.2, -0.15) is 0 Å². The van der Waals surface area contributed by atoms with Crippen molar-refractivity contribution in [2.45, 2.75) is 5.38 Å². The molecule has 0 aliphatic rings. The minimum absolute atomic E-state index is 0.0518. The molecule has 0 amide bonds. The van der Waals surface area contributed by atoms with Gasteiger partial charge >= 0.3 is 5.97 Å². The fraction of sp³-hybridized carbons (Fsp3) is 0.143. The van der Waals surface area contributed by atoms with Crippen molar-refractivity contribution < 1.29 is 9.90 Å². The van der Waals surface area contributed by atoms with Crippen molar-refractivity contribution in [3.63, 3.8) is 0 Å². The molecular formula is C7H5ClN4O2. The summed E-state index contributed by atoms with van der Waals surface area (Å²) in [7, 11) is 0. The van der Waals surface area contributed by atoms with Crippen molar-refractivity contribution in [1.82, 2.24) is 19.9 Å². The zero-order valence-electron chi connectivity index (χ0n) is 6.81. The Labute approximate surface area is 83.0 Å². The molecule has 2 rings (SSSR count). The van der Waals surface area contributed by atoms with Gasteiger partial charge < -0.3 is 10.1 Å². The van der Waals surface area contributed by atoms with Gasteiger partial charge in [-0.05, 0) is 0 Å². The minimum atomic E-state index is -1.23. The maximum absolute atomic E-state index is 10.5. The molecule has 0 aliphatic carbocycles. The van der Waals surface area contributed by atoms with E-state index < -0.39 is 11.3 Å². The molecule has 0 bridgehead atoms. The smallest absolute Gasteiger partial charge is 0.329 e. The van der Waals surface area contributed by atoms with E-state index in [1.54, 1.807) is 0 Å². The van der Waals surface area contributed by atoms with Crippen molar-refractivity contribution in [2.24, 2.45) is 0 Å². The van der Waals surface area contributed by atoms with Crippen LogP contribution in [0.1, 0.15) is 11.2 Å². The Hall–Kier alpha value is -1.69. The van der Waals surface area contributed by atoms with Gasteiger partial charge in [0.1, 0.15) is 5.52 Å². The van der Waals surface area contributed by atoms with E-state index in [9.17, 15) is 4.79 Å². The Morgan fingerprint density at radius 3 is 3.07 bits per heavy atom. The van der Waals surface area contributed by atoms with Gasteiger partial charge in [-0.1, -0.05) is 0 Å². The molecule has 0 spiro atoms. The number of hydrogen-bond acceptors (Lipinski definition) is 4. The molecule has 2 N–H and O–H groups in total. The summed E-state index contributed by atoms with van der Waals surface area (Å²) in [5, 5.41) is 7.39. The summed E-state index contributed by atoms with van der Waals surface area (Å²) in [4.78, 5) is 24.9. The van der Waals surface area contributed by atoms with E-state index in [2.05, 4.69) is 19.9 Å². The fourth-order valence-corrected chi connectivity index (χ4v) is 1.09. The lowest BCUT2D eigenvalue weighted by atomic mass is 10.4. The lowest BCUT2D eigenvalue weighted by Gasteiger charge is -2.00. The summed E-state index contributed by atoms with van der Waals surface area (Å²) in [5.41, 5.74) is 1.05. The Bertz CT molecular complexity index is 483. The third-order valence-corrected chi connectivity index (χ3v) is 2.02. The second-order valence-corrected chi connectivity index (χ2v) is 3.00. The van der Waals surface area contributed by atoms with E-state index in [0.717, 1.165) is 0 Å². The molecule has 2 aromatic heterocycles. The third-order valence-electron chi connectivity index (χ3n) is 1.64. The van der Waals surface area contributed by atoms with Gasteiger partial charge in [-0.15, -0.1) is 11.6 Å². The second-order valence-electron chi connectivity index (χ2n) is 2.57. The summed E-state index contributed by atoms with van der Waals surface area (Å²) in [6.07, 6.45) is 2.87. The van der Waals surface area contributed by atoms with Gasteiger partial charge in [0, 0.05) is 0 Å². The average Bonchev–Trinajstić information content (AvgIpc) is 2.62. The number of nitrogens with one attached hydrogen (secondary N) is 1. The predicted molar refractivity (Wildman–Crippen MR) is 47.9 cm³/mol. The number of aromatic nitrogens is 4. The van der Waals surface area contributed by atoms with Crippen molar-refractivity contribution in [3.05, 3.63) is 18.3 Å². The number of fused-ring (bicyclic) bond motifs is 1. The van der Waals surface area contributed by atoms with Gasteiger partial charge in [0.25, 0.3) is 0 Å². The number of halogens is 1. The Balaban J connectivity index is 2.48. The van der Waals surface area contributed by atoms with Crippen LogP contribution in [0.4, 0.5) is 0 Å². The average molecular weight is 213 g/mol. The molecule has 0 radical (unpaired) electrons. The number of carboxylic acid groups (broad SMARTS) is 1. The Kier molecular flexibility index (Phi) is 2.05. The number of aliphatic carboxylic acids is 1. The molecule has 1 atom stereocenters. The van der Waals surface area contributed by atoms with Crippen LogP contribution in [0.5, 0.6) is 0 Å². The summed E-state index contributed by atoms with van der Waals surface area (Å²) in [6.45, 7) is 0. The third kappa shape index (κ3) is 1.39. The second kappa shape index (κ2) is 3.22. The molecule has 0 saturated carbocycles. The summed E-state index contributed by atoms with van der Waals surface area (Å²) < 4.78 is 0. The van der Waals surface area contributed by atoms with Crippen LogP contribution < -0.4 is 0 Å². The largest absolute Gasteiger partial charge is 0.480 e. The molecule has 0 aliphatic heterocycles. The highest BCUT2D eigenvalue weighted by molar-refractivity contribution is 6.29. The van der Waals surface area contributed by atoms with E-state index in [0.29, 0.717) is 11.2 Å². The summed E-state index contributed by atoms with van der Waals surface area (Å²) >= 11 is 5.55. The van der Waals surface area contributed by atoms with Gasteiger partial charge in [0.2, 0.25) is 0 Å². The van der Waals surface area contributed by atoms with Crippen LogP contribution in [0.25, 0.3) is 11.2 Å². The SMILES string of the molecule is O=C(O)C(Cl)c1ncc2nc[nH]c2n1. The van der Waals surface area contributed by atoms with Crippen molar-refractivity contribution in [3.8, 4) is 0 Å². The van der Waals surface area contributed by atoms with E-state index in [4.69, 9.17) is 16.7 Å². The van der Waals surface area contributed by atoms with Crippen LogP contribution in [0.3, 0.4) is 0 Å². The first kappa shape index (κ1) is 8.89. The standard InChI is InChI=1S/C7H5ClN4O2/c8-4(7(13)14)6-9-1-3-5(12-6)11-2-10-3/h1-2,4H,(H,13,14)(H,9,10,11,12). The lowest BCUT2D eigenvalue weighted by molar-refractivity contribution is -0.136. The first-order valence-electron chi connectivity index (χ1n) is 3.71. The van der Waals surface area contributed by atoms with Crippen molar-refractivity contribution in [2.75, 3.05) is 0 Å². The molecule has 72 valence electrons. The molecule has 1 unspecified atom stereocenters. The van der Waals surface area contributed by atoms with Crippen LogP contribution in [0, 0.1) is 0 Å². The lowest BCUT2D eigenvalue weighted by Crippen LogP contribution is -2.08. The Morgan fingerprint density at radius 2 is 2.36 bits per heavy atom. The first-order valence-corrected chi connectivity index (χ1v) is 4.15. The number of carbonyl (C=O) groups is 1. The van der Waals surface area contributed by atoms with Gasteiger partial charge in [-0.25, -0.2) is 15.0 Å². The number of imidazole rings is 1. The fourth-order valence-electron chi connectivity index (χ4n) is 0.985. The number of H-pyrrole nitrogens is 1. The first-order chi connectivity index (χ1) is 6.68. The van der Waals surface area contributed by atoms with Crippen LogP contribution in [0.15, 0.2) is 12.5 Å². The van der Waals surface area contributed by atoms with Crippen LogP contribution in [-0.2, 0) is 4.79 Å². The normalized spacial score (nSPS) is 12.9. The van der Waals surface area contributed by atoms with Gasteiger partial charge in [0.15, 0.2) is 16.8 Å². The zero-order valence-corrected chi connectivity index (χ0v) is 7.56. The van der Waals surface area contributed by atoms with E-state index >= 15 is 0 Å². The number of alkyl halides is 1. The summed E-state index contributed by atoms with van der Waals surface area (Å²) in [5.74, 6) is -1.12. The van der Waals surface area contributed by atoms with Gasteiger partial charge in [-0.3, -0.25) is 4.79 Å². The highest BCUT2D eigenvalue weighted by Gasteiger charge is 2.19.